The molecule has 0 saturated heterocycles. The molecule has 1 atom stereocenters. The molecule has 0 unspecified atom stereocenters. The van der Waals surface area contributed by atoms with Crippen molar-refractivity contribution in [3.05, 3.63) is 45.5 Å². The standard InChI is InChI=1S/C17H18ClN5O3/c1-4-13(17(25)26-5-2)22-9-19-15-14(16(22)24)20-21-23(15)11-7-6-10(3)12(18)8-11/h6-9,13H,4-5H2,1-3H3/t13-/m1/s1. The molecule has 0 bridgehead atoms. The highest BCUT2D eigenvalue weighted by Gasteiger charge is 2.23. The second-order valence-electron chi connectivity index (χ2n) is 5.74. The number of hydrogen-bond acceptors (Lipinski definition) is 6. The first kappa shape index (κ1) is 18.1. The Bertz CT molecular complexity index is 1030. The minimum atomic E-state index is -0.752. The van der Waals surface area contributed by atoms with Crippen LogP contribution in [0.15, 0.2) is 29.3 Å². The van der Waals surface area contributed by atoms with Gasteiger partial charge in [0.25, 0.3) is 5.56 Å². The van der Waals surface area contributed by atoms with Crippen LogP contribution in [0.2, 0.25) is 5.02 Å². The molecule has 0 amide bonds. The van der Waals surface area contributed by atoms with Gasteiger partial charge in [0, 0.05) is 5.02 Å². The number of hydrogen-bond donors (Lipinski definition) is 0. The van der Waals surface area contributed by atoms with Crippen molar-refractivity contribution in [1.29, 1.82) is 0 Å². The Morgan fingerprint density at radius 1 is 1.35 bits per heavy atom. The molecule has 0 radical (unpaired) electrons. The van der Waals surface area contributed by atoms with Crippen molar-refractivity contribution in [2.24, 2.45) is 0 Å². The van der Waals surface area contributed by atoms with E-state index in [-0.39, 0.29) is 12.1 Å². The predicted molar refractivity (Wildman–Crippen MR) is 96.6 cm³/mol. The van der Waals surface area contributed by atoms with Gasteiger partial charge in [0.15, 0.2) is 11.2 Å². The van der Waals surface area contributed by atoms with Crippen LogP contribution in [0.3, 0.4) is 0 Å². The average molecular weight is 376 g/mol. The highest BCUT2D eigenvalue weighted by molar-refractivity contribution is 6.31. The summed E-state index contributed by atoms with van der Waals surface area (Å²) in [6.07, 6.45) is 1.72. The Morgan fingerprint density at radius 3 is 2.77 bits per heavy atom. The second kappa shape index (κ2) is 7.25. The fraction of sp³-hybridized carbons (Fsp3) is 0.353. The molecular weight excluding hydrogens is 358 g/mol. The van der Waals surface area contributed by atoms with Gasteiger partial charge in [-0.1, -0.05) is 29.8 Å². The van der Waals surface area contributed by atoms with Gasteiger partial charge in [-0.25, -0.2) is 9.78 Å². The number of esters is 1. The highest BCUT2D eigenvalue weighted by atomic mass is 35.5. The zero-order chi connectivity index (χ0) is 18.8. The van der Waals surface area contributed by atoms with Gasteiger partial charge in [0.1, 0.15) is 12.4 Å². The van der Waals surface area contributed by atoms with E-state index < -0.39 is 17.6 Å². The summed E-state index contributed by atoms with van der Waals surface area (Å²) in [6.45, 7) is 5.64. The van der Waals surface area contributed by atoms with E-state index in [1.165, 1.54) is 15.6 Å². The Hall–Kier alpha value is -2.74. The number of nitrogens with zero attached hydrogens (tertiary/aromatic N) is 5. The van der Waals surface area contributed by atoms with Crippen LogP contribution in [-0.4, -0.2) is 37.1 Å². The number of carbonyl (C=O) groups is 1. The first-order valence-corrected chi connectivity index (χ1v) is 8.61. The number of benzene rings is 1. The SMILES string of the molecule is CCOC(=O)[C@@H](CC)n1cnc2c(nnn2-c2ccc(C)c(Cl)c2)c1=O. The maximum absolute atomic E-state index is 12.8. The minimum Gasteiger partial charge on any atom is -0.464 e. The van der Waals surface area contributed by atoms with Crippen molar-refractivity contribution < 1.29 is 9.53 Å². The third kappa shape index (κ3) is 3.08. The summed E-state index contributed by atoms with van der Waals surface area (Å²) in [6, 6.07) is 4.64. The maximum atomic E-state index is 12.8. The first-order valence-electron chi connectivity index (χ1n) is 8.23. The second-order valence-corrected chi connectivity index (χ2v) is 6.15. The first-order chi connectivity index (χ1) is 12.5. The predicted octanol–water partition coefficient (Wildman–Crippen LogP) is 2.45. The fourth-order valence-corrected chi connectivity index (χ4v) is 2.82. The van der Waals surface area contributed by atoms with Crippen molar-refractivity contribution in [1.82, 2.24) is 24.5 Å². The van der Waals surface area contributed by atoms with Crippen molar-refractivity contribution in [3.63, 3.8) is 0 Å². The zero-order valence-corrected chi connectivity index (χ0v) is 15.4. The van der Waals surface area contributed by atoms with Gasteiger partial charge < -0.3 is 4.74 Å². The highest BCUT2D eigenvalue weighted by Crippen LogP contribution is 2.21. The Balaban J connectivity index is 2.10. The number of halogens is 1. The third-order valence-corrected chi connectivity index (χ3v) is 4.48. The van der Waals surface area contributed by atoms with E-state index in [0.717, 1.165) is 5.56 Å². The van der Waals surface area contributed by atoms with Crippen LogP contribution in [0.1, 0.15) is 31.9 Å². The molecule has 136 valence electrons. The minimum absolute atomic E-state index is 0.0759. The van der Waals surface area contributed by atoms with Crippen molar-refractivity contribution in [3.8, 4) is 5.69 Å². The molecule has 0 spiro atoms. The lowest BCUT2D eigenvalue weighted by atomic mass is 10.2. The quantitative estimate of drug-likeness (QED) is 0.636. The molecule has 0 aliphatic rings. The van der Waals surface area contributed by atoms with Gasteiger partial charge in [-0.2, -0.15) is 4.68 Å². The molecule has 8 nitrogen and oxygen atoms in total. The van der Waals surface area contributed by atoms with Crippen LogP contribution in [0.25, 0.3) is 16.9 Å². The molecule has 9 heteroatoms. The molecule has 0 aliphatic carbocycles. The van der Waals surface area contributed by atoms with Crippen LogP contribution >= 0.6 is 11.6 Å². The number of aromatic nitrogens is 5. The van der Waals surface area contributed by atoms with E-state index in [0.29, 0.717) is 22.8 Å². The average Bonchev–Trinajstić information content (AvgIpc) is 3.05. The molecule has 0 N–H and O–H groups in total. The lowest BCUT2D eigenvalue weighted by molar-refractivity contribution is -0.147. The Morgan fingerprint density at radius 2 is 2.12 bits per heavy atom. The molecule has 0 saturated carbocycles. The topological polar surface area (TPSA) is 91.9 Å². The number of carbonyl (C=O) groups excluding carboxylic acids is 1. The molecule has 3 rings (SSSR count). The Labute approximate surface area is 154 Å². The summed E-state index contributed by atoms with van der Waals surface area (Å²) in [5.41, 5.74) is 1.50. The van der Waals surface area contributed by atoms with E-state index in [4.69, 9.17) is 16.3 Å². The van der Waals surface area contributed by atoms with E-state index in [2.05, 4.69) is 15.3 Å². The van der Waals surface area contributed by atoms with Crippen LogP contribution in [-0.2, 0) is 9.53 Å². The fourth-order valence-electron chi connectivity index (χ4n) is 2.65. The number of aryl methyl sites for hydroxylation is 1. The number of ether oxygens (including phenoxy) is 1. The van der Waals surface area contributed by atoms with Crippen LogP contribution in [0.4, 0.5) is 0 Å². The molecule has 26 heavy (non-hydrogen) atoms. The van der Waals surface area contributed by atoms with Crippen LogP contribution in [0, 0.1) is 6.92 Å². The molecule has 3 aromatic rings. The largest absolute Gasteiger partial charge is 0.464 e. The van der Waals surface area contributed by atoms with Gasteiger partial charge >= 0.3 is 5.97 Å². The van der Waals surface area contributed by atoms with Gasteiger partial charge in [0.2, 0.25) is 0 Å². The normalized spacial score (nSPS) is 12.3. The summed E-state index contributed by atoms with van der Waals surface area (Å²) < 4.78 is 7.71. The monoisotopic (exact) mass is 375 g/mol. The zero-order valence-electron chi connectivity index (χ0n) is 14.6. The van der Waals surface area contributed by atoms with E-state index in [9.17, 15) is 9.59 Å². The van der Waals surface area contributed by atoms with Gasteiger partial charge in [-0.05, 0) is 38.0 Å². The Kier molecular flexibility index (Phi) is 5.03. The van der Waals surface area contributed by atoms with Gasteiger partial charge in [0.05, 0.1) is 12.3 Å². The van der Waals surface area contributed by atoms with Crippen molar-refractivity contribution in [2.45, 2.75) is 33.2 Å². The number of fused-ring (bicyclic) bond motifs is 1. The van der Waals surface area contributed by atoms with E-state index in [1.54, 1.807) is 19.9 Å². The van der Waals surface area contributed by atoms with Gasteiger partial charge in [-0.3, -0.25) is 9.36 Å². The maximum Gasteiger partial charge on any atom is 0.329 e. The van der Waals surface area contributed by atoms with Crippen LogP contribution in [0.5, 0.6) is 0 Å². The third-order valence-electron chi connectivity index (χ3n) is 4.07. The molecule has 2 heterocycles. The smallest absolute Gasteiger partial charge is 0.329 e. The van der Waals surface area contributed by atoms with E-state index in [1.807, 2.05) is 19.1 Å². The van der Waals surface area contributed by atoms with Crippen molar-refractivity contribution in [2.75, 3.05) is 6.61 Å². The molecule has 2 aromatic heterocycles. The summed E-state index contributed by atoms with van der Waals surface area (Å²) in [5, 5.41) is 8.55. The van der Waals surface area contributed by atoms with E-state index >= 15 is 0 Å². The summed E-state index contributed by atoms with van der Waals surface area (Å²) >= 11 is 6.16. The number of rotatable bonds is 5. The summed E-state index contributed by atoms with van der Waals surface area (Å²) in [5.74, 6) is -0.476. The lowest BCUT2D eigenvalue weighted by Crippen LogP contribution is -2.31. The summed E-state index contributed by atoms with van der Waals surface area (Å²) in [4.78, 5) is 29.2. The summed E-state index contributed by atoms with van der Waals surface area (Å²) in [7, 11) is 0. The molecule has 0 fully saturated rings. The van der Waals surface area contributed by atoms with Gasteiger partial charge in [-0.15, -0.1) is 5.10 Å². The van der Waals surface area contributed by atoms with Crippen molar-refractivity contribution >= 4 is 28.7 Å². The van der Waals surface area contributed by atoms with Crippen LogP contribution < -0.4 is 5.56 Å². The molecule has 0 aliphatic heterocycles. The molecular formula is C17H18ClN5O3. The molecule has 1 aromatic carbocycles. The lowest BCUT2D eigenvalue weighted by Gasteiger charge is -2.15.